The van der Waals surface area contributed by atoms with Gasteiger partial charge in [0, 0.05) is 0 Å². The van der Waals surface area contributed by atoms with Crippen molar-refractivity contribution in [2.75, 3.05) is 0 Å². The first-order valence-electron chi connectivity index (χ1n) is 6.50. The SMILES string of the molecule is O=C1C2C3C=CC(C3)C2C(=O)N1/N=C/c1ccc(I)o1. The zero-order valence-electron chi connectivity index (χ0n) is 10.4. The van der Waals surface area contributed by atoms with Crippen LogP contribution in [0, 0.1) is 27.4 Å². The van der Waals surface area contributed by atoms with E-state index in [0.717, 1.165) is 15.2 Å². The number of carbonyl (C=O) groups is 2. The molecule has 1 saturated heterocycles. The highest BCUT2D eigenvalue weighted by atomic mass is 127. The Kier molecular flexibility index (Phi) is 2.63. The summed E-state index contributed by atoms with van der Waals surface area (Å²) in [7, 11) is 0. The van der Waals surface area contributed by atoms with Crippen molar-refractivity contribution in [1.29, 1.82) is 0 Å². The minimum Gasteiger partial charge on any atom is -0.449 e. The van der Waals surface area contributed by atoms with Crippen LogP contribution < -0.4 is 0 Å². The summed E-state index contributed by atoms with van der Waals surface area (Å²) >= 11 is 2.05. The van der Waals surface area contributed by atoms with Crippen LogP contribution in [-0.4, -0.2) is 23.0 Å². The van der Waals surface area contributed by atoms with Gasteiger partial charge in [0.25, 0.3) is 11.8 Å². The van der Waals surface area contributed by atoms with Gasteiger partial charge < -0.3 is 4.42 Å². The summed E-state index contributed by atoms with van der Waals surface area (Å²) in [4.78, 5) is 24.7. The molecule has 1 aliphatic heterocycles. The highest BCUT2D eigenvalue weighted by molar-refractivity contribution is 14.1. The van der Waals surface area contributed by atoms with Crippen LogP contribution in [-0.2, 0) is 9.59 Å². The predicted octanol–water partition coefficient (Wildman–Crippen LogP) is 2.03. The summed E-state index contributed by atoms with van der Waals surface area (Å²) < 4.78 is 6.08. The number of hydrogen-bond donors (Lipinski definition) is 0. The molecule has 102 valence electrons. The molecule has 1 aromatic rings. The van der Waals surface area contributed by atoms with Crippen molar-refractivity contribution in [3.63, 3.8) is 0 Å². The largest absolute Gasteiger partial charge is 0.449 e. The molecule has 1 aromatic heterocycles. The average Bonchev–Trinajstić information content (AvgIpc) is 3.15. The molecular weight excluding hydrogens is 371 g/mol. The van der Waals surface area contributed by atoms with Crippen LogP contribution in [0.5, 0.6) is 0 Å². The van der Waals surface area contributed by atoms with E-state index in [1.807, 2.05) is 22.6 Å². The average molecular weight is 382 g/mol. The highest BCUT2D eigenvalue weighted by Gasteiger charge is 2.59. The fourth-order valence-corrected chi connectivity index (χ4v) is 3.95. The summed E-state index contributed by atoms with van der Waals surface area (Å²) in [5.74, 6) is 0.215. The second kappa shape index (κ2) is 4.28. The molecule has 4 rings (SSSR count). The normalized spacial score (nSPS) is 34.8. The van der Waals surface area contributed by atoms with E-state index in [4.69, 9.17) is 4.42 Å². The molecule has 4 atom stereocenters. The lowest BCUT2D eigenvalue weighted by Crippen LogP contribution is -2.28. The van der Waals surface area contributed by atoms with Gasteiger partial charge in [-0.05, 0) is 53.0 Å². The maximum atomic E-state index is 12.3. The van der Waals surface area contributed by atoms with E-state index >= 15 is 0 Å². The van der Waals surface area contributed by atoms with Crippen LogP contribution in [0.25, 0.3) is 0 Å². The second-order valence-corrected chi connectivity index (χ2v) is 6.44. The molecule has 2 amide bonds. The van der Waals surface area contributed by atoms with Gasteiger partial charge in [-0.1, -0.05) is 12.2 Å². The second-order valence-electron chi connectivity index (χ2n) is 5.37. The van der Waals surface area contributed by atoms with Crippen molar-refractivity contribution in [3.8, 4) is 0 Å². The minimum absolute atomic E-state index is 0.172. The molecule has 2 fully saturated rings. The number of hydrogen-bond acceptors (Lipinski definition) is 4. The fraction of sp³-hybridized carbons (Fsp3) is 0.357. The third-order valence-electron chi connectivity index (χ3n) is 4.34. The Bertz CT molecular complexity index is 633. The van der Waals surface area contributed by atoms with Gasteiger partial charge in [0.05, 0.1) is 18.1 Å². The van der Waals surface area contributed by atoms with Crippen molar-refractivity contribution >= 4 is 40.6 Å². The number of rotatable bonds is 2. The van der Waals surface area contributed by atoms with Crippen LogP contribution in [0.1, 0.15) is 12.2 Å². The monoisotopic (exact) mass is 382 g/mol. The number of imide groups is 1. The zero-order chi connectivity index (χ0) is 13.9. The molecule has 0 aromatic carbocycles. The predicted molar refractivity (Wildman–Crippen MR) is 78.6 cm³/mol. The summed E-state index contributed by atoms with van der Waals surface area (Å²) in [6.45, 7) is 0. The Hall–Kier alpha value is -1.44. The topological polar surface area (TPSA) is 62.9 Å². The molecule has 0 N–H and O–H groups in total. The molecule has 20 heavy (non-hydrogen) atoms. The van der Waals surface area contributed by atoms with Crippen LogP contribution >= 0.6 is 22.6 Å². The Morgan fingerprint density at radius 2 is 1.85 bits per heavy atom. The van der Waals surface area contributed by atoms with Crippen LogP contribution in [0.3, 0.4) is 0 Å². The Labute approximate surface area is 128 Å². The van der Waals surface area contributed by atoms with E-state index in [-0.39, 0.29) is 35.5 Å². The van der Waals surface area contributed by atoms with E-state index in [9.17, 15) is 9.59 Å². The van der Waals surface area contributed by atoms with Crippen molar-refractivity contribution in [2.24, 2.45) is 28.8 Å². The molecule has 0 radical (unpaired) electrons. The van der Waals surface area contributed by atoms with E-state index in [1.54, 1.807) is 12.1 Å². The minimum atomic E-state index is -0.202. The zero-order valence-corrected chi connectivity index (χ0v) is 12.6. The third-order valence-corrected chi connectivity index (χ3v) is 4.92. The van der Waals surface area contributed by atoms with Gasteiger partial charge in [-0.25, -0.2) is 0 Å². The molecule has 3 aliphatic rings. The molecule has 1 saturated carbocycles. The quantitative estimate of drug-likeness (QED) is 0.340. The van der Waals surface area contributed by atoms with Gasteiger partial charge in [-0.3, -0.25) is 9.59 Å². The van der Waals surface area contributed by atoms with Gasteiger partial charge in [0.2, 0.25) is 0 Å². The molecule has 5 nitrogen and oxygen atoms in total. The number of furan rings is 1. The van der Waals surface area contributed by atoms with Gasteiger partial charge in [0.1, 0.15) is 5.76 Å². The van der Waals surface area contributed by atoms with Gasteiger partial charge in [-0.15, -0.1) is 0 Å². The summed E-state index contributed by atoms with van der Waals surface area (Å²) in [5.41, 5.74) is 0. The summed E-state index contributed by atoms with van der Waals surface area (Å²) in [6, 6.07) is 3.55. The van der Waals surface area contributed by atoms with Crippen LogP contribution in [0.2, 0.25) is 0 Å². The van der Waals surface area contributed by atoms with E-state index in [1.165, 1.54) is 6.21 Å². The molecule has 2 heterocycles. The first kappa shape index (κ1) is 12.3. The molecule has 2 bridgehead atoms. The molecular formula is C14H11IN2O3. The van der Waals surface area contributed by atoms with Gasteiger partial charge in [-0.2, -0.15) is 10.1 Å². The maximum absolute atomic E-state index is 12.3. The number of amides is 2. The van der Waals surface area contributed by atoms with Crippen molar-refractivity contribution in [3.05, 3.63) is 33.8 Å². The smallest absolute Gasteiger partial charge is 0.254 e. The fourth-order valence-electron chi connectivity index (χ4n) is 3.51. The van der Waals surface area contributed by atoms with Crippen molar-refractivity contribution in [1.82, 2.24) is 5.01 Å². The lowest BCUT2D eigenvalue weighted by Gasteiger charge is -2.13. The molecule has 6 heteroatoms. The molecule has 4 unspecified atom stereocenters. The number of fused-ring (bicyclic) bond motifs is 5. The first-order valence-corrected chi connectivity index (χ1v) is 7.58. The van der Waals surface area contributed by atoms with E-state index in [2.05, 4.69) is 17.3 Å². The number of allylic oxidation sites excluding steroid dienone is 2. The number of carbonyl (C=O) groups excluding carboxylic acids is 2. The molecule has 0 spiro atoms. The Morgan fingerprint density at radius 3 is 2.40 bits per heavy atom. The van der Waals surface area contributed by atoms with E-state index in [0.29, 0.717) is 5.76 Å². The lowest BCUT2D eigenvalue weighted by molar-refractivity contribution is -0.140. The van der Waals surface area contributed by atoms with Crippen LogP contribution in [0.15, 0.2) is 33.8 Å². The van der Waals surface area contributed by atoms with Crippen molar-refractivity contribution < 1.29 is 14.0 Å². The Balaban J connectivity index is 1.60. The standard InChI is InChI=1S/C14H11IN2O3/c15-10-4-3-9(20-10)6-16-17-13(18)11-7-1-2-8(5-7)12(11)14(17)19/h1-4,6-8,11-12H,5H2/b16-6+. The summed E-state index contributed by atoms with van der Waals surface area (Å²) in [6.07, 6.45) is 6.49. The highest BCUT2D eigenvalue weighted by Crippen LogP contribution is 2.52. The molecule has 2 aliphatic carbocycles. The summed E-state index contributed by atoms with van der Waals surface area (Å²) in [5, 5.41) is 5.06. The van der Waals surface area contributed by atoms with Crippen molar-refractivity contribution in [2.45, 2.75) is 6.42 Å². The van der Waals surface area contributed by atoms with Crippen LogP contribution in [0.4, 0.5) is 0 Å². The first-order chi connectivity index (χ1) is 9.65. The van der Waals surface area contributed by atoms with Gasteiger partial charge >= 0.3 is 0 Å². The third kappa shape index (κ3) is 1.63. The number of halogens is 1. The van der Waals surface area contributed by atoms with Gasteiger partial charge in [0.15, 0.2) is 3.77 Å². The maximum Gasteiger partial charge on any atom is 0.254 e. The lowest BCUT2D eigenvalue weighted by atomic mass is 9.85. The van der Waals surface area contributed by atoms with E-state index < -0.39 is 0 Å². The number of hydrazone groups is 1. The number of nitrogens with zero attached hydrogens (tertiary/aromatic N) is 2. The Morgan fingerprint density at radius 1 is 1.20 bits per heavy atom.